The zero-order valence-electron chi connectivity index (χ0n) is 14.4. The van der Waals surface area contributed by atoms with Crippen LogP contribution in [0.15, 0.2) is 91.0 Å². The zero-order valence-corrected chi connectivity index (χ0v) is 16.6. The first-order valence-electron chi connectivity index (χ1n) is 9.01. The molecule has 0 saturated heterocycles. The number of rotatable bonds is 1. The first kappa shape index (κ1) is 15.3. The molecule has 0 N–H and O–H groups in total. The Labute approximate surface area is 170 Å². The van der Waals surface area contributed by atoms with Crippen molar-refractivity contribution in [2.75, 3.05) is 0 Å². The summed E-state index contributed by atoms with van der Waals surface area (Å²) >= 11 is 2.40. The number of fused-ring (bicyclic) bond motifs is 6. The lowest BCUT2D eigenvalue weighted by molar-refractivity contribution is 1.19. The molecule has 4 aromatic carbocycles. The topological polar surface area (TPSA) is 9.86 Å². The van der Waals surface area contributed by atoms with Crippen molar-refractivity contribution in [3.63, 3.8) is 0 Å². The van der Waals surface area contributed by atoms with Crippen LogP contribution in [-0.2, 0) is 0 Å². The third-order valence-electron chi connectivity index (χ3n) is 5.44. The molecule has 0 aliphatic heterocycles. The zero-order chi connectivity index (χ0) is 18.0. The molecule has 2 aromatic heterocycles. The van der Waals surface area contributed by atoms with Gasteiger partial charge in [-0.1, -0.05) is 54.6 Å². The summed E-state index contributed by atoms with van der Waals surface area (Å²) in [6.07, 6.45) is 0. The quantitative estimate of drug-likeness (QED) is 0.233. The predicted molar refractivity (Wildman–Crippen MR) is 123 cm³/mol. The normalized spacial score (nSPS) is 11.9. The maximum absolute atomic E-state index is 2.40. The van der Waals surface area contributed by atoms with Crippen molar-refractivity contribution in [3.05, 3.63) is 91.0 Å². The summed E-state index contributed by atoms with van der Waals surface area (Å²) in [5.41, 5.74) is 6.20. The Morgan fingerprint density at radius 3 is 1.59 bits per heavy atom. The van der Waals surface area contributed by atoms with Crippen molar-refractivity contribution in [3.8, 4) is 5.69 Å². The first-order valence-corrected chi connectivity index (χ1v) is 9.97. The van der Waals surface area contributed by atoms with Gasteiger partial charge in [-0.05, 0) is 36.4 Å². The van der Waals surface area contributed by atoms with Gasteiger partial charge in [-0.3, -0.25) is 2.78 Å². The Bertz CT molecular complexity index is 1430. The van der Waals surface area contributed by atoms with E-state index in [0.717, 1.165) is 0 Å². The van der Waals surface area contributed by atoms with Gasteiger partial charge in [-0.2, -0.15) is 0 Å². The van der Waals surface area contributed by atoms with Gasteiger partial charge >= 0.3 is 0 Å². The molecular weight excluding hydrogens is 443 g/mol. The van der Waals surface area contributed by atoms with E-state index in [0.29, 0.717) is 0 Å². The molecular formula is C24H15IN2. The van der Waals surface area contributed by atoms with Crippen LogP contribution in [-0.4, -0.2) is 7.35 Å². The highest BCUT2D eigenvalue weighted by Gasteiger charge is 2.14. The van der Waals surface area contributed by atoms with Gasteiger partial charge in [0.25, 0.3) is 0 Å². The minimum Gasteiger partial charge on any atom is -0.309 e. The van der Waals surface area contributed by atoms with Crippen molar-refractivity contribution in [2.45, 2.75) is 0 Å². The standard InChI is InChI=1S/C24H15IN2/c25-27-23-12-6-3-9-19(23)20-15-16(13-14-24(20)27)26-21-10-4-1-7-17(21)18-8-2-5-11-22(18)26/h1-15H. The van der Waals surface area contributed by atoms with E-state index < -0.39 is 0 Å². The number of nitrogens with zero attached hydrogens (tertiary/aromatic N) is 2. The molecule has 2 heterocycles. The molecule has 0 amide bonds. The van der Waals surface area contributed by atoms with E-state index in [-0.39, 0.29) is 0 Å². The fourth-order valence-electron chi connectivity index (χ4n) is 4.25. The summed E-state index contributed by atoms with van der Waals surface area (Å²) in [5, 5.41) is 5.18. The van der Waals surface area contributed by atoms with Gasteiger partial charge in [0.1, 0.15) is 0 Å². The lowest BCUT2D eigenvalue weighted by Crippen LogP contribution is -1.93. The largest absolute Gasteiger partial charge is 0.309 e. The van der Waals surface area contributed by atoms with Crippen LogP contribution in [0.1, 0.15) is 0 Å². The highest BCUT2D eigenvalue weighted by Crippen LogP contribution is 2.35. The predicted octanol–water partition coefficient (Wildman–Crippen LogP) is 7.09. The fraction of sp³-hybridized carbons (Fsp3) is 0. The van der Waals surface area contributed by atoms with E-state index in [4.69, 9.17) is 0 Å². The summed E-state index contributed by atoms with van der Waals surface area (Å²) in [6, 6.07) is 32.7. The number of benzene rings is 4. The summed E-state index contributed by atoms with van der Waals surface area (Å²) < 4.78 is 4.63. The Balaban J connectivity index is 1.77. The van der Waals surface area contributed by atoms with Crippen molar-refractivity contribution < 1.29 is 0 Å². The SMILES string of the molecule is In1c2ccccc2c2cc(-n3c4ccccc4c4ccccc43)ccc21. The van der Waals surface area contributed by atoms with Crippen LogP contribution < -0.4 is 0 Å². The van der Waals surface area contributed by atoms with Crippen LogP contribution in [0.3, 0.4) is 0 Å². The van der Waals surface area contributed by atoms with Crippen LogP contribution in [0.2, 0.25) is 0 Å². The molecule has 0 aliphatic rings. The summed E-state index contributed by atoms with van der Waals surface area (Å²) in [4.78, 5) is 0. The molecule has 0 saturated carbocycles. The summed E-state index contributed by atoms with van der Waals surface area (Å²) in [5.74, 6) is 0. The van der Waals surface area contributed by atoms with E-state index in [1.165, 1.54) is 49.3 Å². The molecule has 0 aliphatic carbocycles. The van der Waals surface area contributed by atoms with Crippen LogP contribution >= 0.6 is 22.9 Å². The van der Waals surface area contributed by atoms with Gasteiger partial charge in [-0.25, -0.2) is 0 Å². The highest BCUT2D eigenvalue weighted by molar-refractivity contribution is 14.1. The van der Waals surface area contributed by atoms with Crippen LogP contribution in [0, 0.1) is 0 Å². The van der Waals surface area contributed by atoms with Crippen molar-refractivity contribution >= 4 is 66.5 Å². The number of hydrogen-bond donors (Lipinski definition) is 0. The number of hydrogen-bond acceptors (Lipinski definition) is 0. The van der Waals surface area contributed by atoms with E-state index in [1.807, 2.05) is 0 Å². The third kappa shape index (κ3) is 2.06. The van der Waals surface area contributed by atoms with E-state index >= 15 is 0 Å². The number of para-hydroxylation sites is 3. The van der Waals surface area contributed by atoms with Gasteiger partial charge in [0, 0.05) is 27.2 Å². The summed E-state index contributed by atoms with van der Waals surface area (Å²) in [6.45, 7) is 0. The van der Waals surface area contributed by atoms with Crippen LogP contribution in [0.4, 0.5) is 0 Å². The van der Waals surface area contributed by atoms with Gasteiger partial charge in [0.15, 0.2) is 0 Å². The maximum Gasteiger partial charge on any atom is 0.0646 e. The second kappa shape index (κ2) is 5.60. The molecule has 0 atom stereocenters. The average Bonchev–Trinajstić information content (AvgIpc) is 3.21. The third-order valence-corrected chi connectivity index (χ3v) is 6.48. The lowest BCUT2D eigenvalue weighted by atomic mass is 10.1. The maximum atomic E-state index is 2.40. The monoisotopic (exact) mass is 458 g/mol. The van der Waals surface area contributed by atoms with E-state index in [9.17, 15) is 0 Å². The minimum absolute atomic E-state index is 1.20. The van der Waals surface area contributed by atoms with Crippen molar-refractivity contribution in [2.24, 2.45) is 0 Å². The average molecular weight is 458 g/mol. The number of halogens is 1. The molecule has 27 heavy (non-hydrogen) atoms. The molecule has 0 radical (unpaired) electrons. The lowest BCUT2D eigenvalue weighted by Gasteiger charge is -2.08. The molecule has 0 unspecified atom stereocenters. The van der Waals surface area contributed by atoms with Crippen LogP contribution in [0.5, 0.6) is 0 Å². The molecule has 128 valence electrons. The van der Waals surface area contributed by atoms with E-state index in [2.05, 4.69) is 121 Å². The summed E-state index contributed by atoms with van der Waals surface area (Å²) in [7, 11) is 0. The Hall–Kier alpha value is -2.79. The molecule has 3 heteroatoms. The van der Waals surface area contributed by atoms with Gasteiger partial charge in [0.05, 0.1) is 44.9 Å². The van der Waals surface area contributed by atoms with Gasteiger partial charge in [-0.15, -0.1) is 0 Å². The second-order valence-corrected chi connectivity index (χ2v) is 7.83. The second-order valence-electron chi connectivity index (χ2n) is 6.87. The molecule has 6 aromatic rings. The smallest absolute Gasteiger partial charge is 0.0646 e. The van der Waals surface area contributed by atoms with Gasteiger partial charge in [0.2, 0.25) is 0 Å². The number of aromatic nitrogens is 2. The molecule has 2 nitrogen and oxygen atoms in total. The van der Waals surface area contributed by atoms with Gasteiger partial charge < -0.3 is 4.57 Å². The Morgan fingerprint density at radius 1 is 0.481 bits per heavy atom. The first-order chi connectivity index (χ1) is 13.3. The Kier molecular flexibility index (Phi) is 3.17. The highest BCUT2D eigenvalue weighted by atomic mass is 127. The molecule has 6 rings (SSSR count). The molecule has 0 bridgehead atoms. The van der Waals surface area contributed by atoms with Crippen LogP contribution in [0.25, 0.3) is 49.3 Å². The van der Waals surface area contributed by atoms with Crippen molar-refractivity contribution in [1.82, 2.24) is 7.35 Å². The minimum atomic E-state index is 1.20. The fourth-order valence-corrected chi connectivity index (χ4v) is 5.09. The van der Waals surface area contributed by atoms with E-state index in [1.54, 1.807) is 0 Å². The molecule has 0 spiro atoms. The molecule has 0 fully saturated rings. The van der Waals surface area contributed by atoms with Crippen molar-refractivity contribution in [1.29, 1.82) is 0 Å². The Morgan fingerprint density at radius 2 is 0.963 bits per heavy atom.